The Hall–Kier alpha value is -0.450. The van der Waals surface area contributed by atoms with Gasteiger partial charge in [0, 0.05) is 18.7 Å². The Morgan fingerprint density at radius 1 is 1.38 bits per heavy atom. The van der Waals surface area contributed by atoms with Gasteiger partial charge in [-0.25, -0.2) is 4.39 Å². The van der Waals surface area contributed by atoms with Gasteiger partial charge in [0.25, 0.3) is 0 Å². The highest BCUT2D eigenvalue weighted by atomic mass is 35.5. The van der Waals surface area contributed by atoms with Crippen molar-refractivity contribution in [1.82, 2.24) is 0 Å². The fraction of sp³-hybridized carbons (Fsp3) is 0.625. The molecule has 1 unspecified atom stereocenters. The molecule has 2 aliphatic rings. The lowest BCUT2D eigenvalue weighted by Gasteiger charge is -2.43. The van der Waals surface area contributed by atoms with Crippen LogP contribution < -0.4 is 4.74 Å². The van der Waals surface area contributed by atoms with E-state index in [0.717, 1.165) is 42.8 Å². The van der Waals surface area contributed by atoms with Gasteiger partial charge < -0.3 is 9.47 Å². The minimum atomic E-state index is -0.326. The van der Waals surface area contributed by atoms with Gasteiger partial charge in [0.15, 0.2) is 11.6 Å². The predicted octanol–water partition coefficient (Wildman–Crippen LogP) is 4.39. The number of benzene rings is 1. The second-order valence-corrected chi connectivity index (χ2v) is 7.27. The van der Waals surface area contributed by atoms with E-state index in [1.54, 1.807) is 6.07 Å². The summed E-state index contributed by atoms with van der Waals surface area (Å²) in [6, 6.07) is 4.96. The normalized spacial score (nSPS) is 25.0. The van der Waals surface area contributed by atoms with Crippen LogP contribution in [0.25, 0.3) is 0 Å². The third kappa shape index (κ3) is 3.66. The van der Waals surface area contributed by atoms with E-state index in [4.69, 9.17) is 21.1 Å². The monoisotopic (exact) mass is 330 g/mol. The minimum absolute atomic E-state index is 0.0400. The van der Waals surface area contributed by atoms with Crippen molar-refractivity contribution in [1.29, 1.82) is 0 Å². The average Bonchev–Trinajstić information content (AvgIpc) is 2.50. The SMILES string of the molecule is Fc1cc(CCl)ccc1OC1CCOC2(CCSCC2)C1. The smallest absolute Gasteiger partial charge is 0.165 e. The van der Waals surface area contributed by atoms with E-state index in [0.29, 0.717) is 18.2 Å². The van der Waals surface area contributed by atoms with Gasteiger partial charge in [0.1, 0.15) is 6.10 Å². The van der Waals surface area contributed by atoms with E-state index in [1.807, 2.05) is 17.8 Å². The number of halogens is 2. The van der Waals surface area contributed by atoms with Crippen molar-refractivity contribution in [3.63, 3.8) is 0 Å². The molecule has 1 atom stereocenters. The summed E-state index contributed by atoms with van der Waals surface area (Å²) in [5.74, 6) is 2.61. The zero-order valence-corrected chi connectivity index (χ0v) is 13.5. The maximum Gasteiger partial charge on any atom is 0.165 e. The first kappa shape index (κ1) is 15.4. The quantitative estimate of drug-likeness (QED) is 0.766. The molecule has 2 heterocycles. The van der Waals surface area contributed by atoms with Crippen LogP contribution in [-0.4, -0.2) is 29.8 Å². The molecule has 2 nitrogen and oxygen atoms in total. The van der Waals surface area contributed by atoms with Gasteiger partial charge in [-0.2, -0.15) is 11.8 Å². The van der Waals surface area contributed by atoms with Crippen LogP contribution in [0.1, 0.15) is 31.2 Å². The molecule has 0 bridgehead atoms. The van der Waals surface area contributed by atoms with Gasteiger partial charge in [-0.1, -0.05) is 6.07 Å². The van der Waals surface area contributed by atoms with E-state index in [9.17, 15) is 4.39 Å². The lowest BCUT2D eigenvalue weighted by Crippen LogP contribution is -2.46. The first-order valence-corrected chi connectivity index (χ1v) is 9.12. The fourth-order valence-electron chi connectivity index (χ4n) is 3.08. The van der Waals surface area contributed by atoms with Crippen LogP contribution >= 0.6 is 23.4 Å². The number of thioether (sulfide) groups is 1. The van der Waals surface area contributed by atoms with Crippen LogP contribution in [0.2, 0.25) is 0 Å². The number of ether oxygens (including phenoxy) is 2. The van der Waals surface area contributed by atoms with Crippen molar-refractivity contribution >= 4 is 23.4 Å². The summed E-state index contributed by atoms with van der Waals surface area (Å²) in [7, 11) is 0. The van der Waals surface area contributed by atoms with Crippen molar-refractivity contribution in [2.75, 3.05) is 18.1 Å². The number of hydrogen-bond acceptors (Lipinski definition) is 3. The Labute approximate surface area is 134 Å². The van der Waals surface area contributed by atoms with Gasteiger partial charge in [0.05, 0.1) is 12.2 Å². The van der Waals surface area contributed by atoms with Crippen molar-refractivity contribution in [2.45, 2.75) is 43.3 Å². The van der Waals surface area contributed by atoms with E-state index in [-0.39, 0.29) is 17.5 Å². The third-order valence-corrected chi connectivity index (χ3v) is 5.59. The van der Waals surface area contributed by atoms with Gasteiger partial charge in [-0.05, 0) is 42.0 Å². The predicted molar refractivity (Wildman–Crippen MR) is 84.8 cm³/mol. The molecule has 116 valence electrons. The molecule has 0 aromatic heterocycles. The zero-order valence-electron chi connectivity index (χ0n) is 11.9. The molecular weight excluding hydrogens is 311 g/mol. The summed E-state index contributed by atoms with van der Waals surface area (Å²) in [5, 5.41) is 0. The van der Waals surface area contributed by atoms with Crippen molar-refractivity contribution in [2.24, 2.45) is 0 Å². The molecule has 0 radical (unpaired) electrons. The summed E-state index contributed by atoms with van der Waals surface area (Å²) in [6.45, 7) is 0.705. The number of hydrogen-bond donors (Lipinski definition) is 0. The Balaban J connectivity index is 1.67. The molecule has 0 N–H and O–H groups in total. The second kappa shape index (κ2) is 6.76. The van der Waals surface area contributed by atoms with Crippen LogP contribution in [0.5, 0.6) is 5.75 Å². The van der Waals surface area contributed by atoms with Crippen molar-refractivity contribution in [3.05, 3.63) is 29.6 Å². The van der Waals surface area contributed by atoms with E-state index in [1.165, 1.54) is 6.07 Å². The van der Waals surface area contributed by atoms with Gasteiger partial charge in [-0.3, -0.25) is 0 Å². The molecule has 2 aliphatic heterocycles. The highest BCUT2D eigenvalue weighted by Gasteiger charge is 2.39. The summed E-state index contributed by atoms with van der Waals surface area (Å²) in [5.41, 5.74) is 0.732. The zero-order chi connectivity index (χ0) is 14.7. The van der Waals surface area contributed by atoms with Crippen LogP contribution in [0.4, 0.5) is 4.39 Å². The summed E-state index contributed by atoms with van der Waals surface area (Å²) in [6.07, 6.45) is 3.88. The summed E-state index contributed by atoms with van der Waals surface area (Å²) < 4.78 is 26.0. The number of rotatable bonds is 3. The Bertz CT molecular complexity index is 486. The largest absolute Gasteiger partial charge is 0.487 e. The van der Waals surface area contributed by atoms with Gasteiger partial charge in [-0.15, -0.1) is 11.6 Å². The van der Waals surface area contributed by atoms with E-state index in [2.05, 4.69) is 0 Å². The van der Waals surface area contributed by atoms with Crippen LogP contribution in [-0.2, 0) is 10.6 Å². The van der Waals surface area contributed by atoms with E-state index >= 15 is 0 Å². The number of alkyl halides is 1. The molecule has 0 saturated carbocycles. The molecule has 3 rings (SSSR count). The summed E-state index contributed by atoms with van der Waals surface area (Å²) >= 11 is 7.70. The molecule has 0 aliphatic carbocycles. The van der Waals surface area contributed by atoms with Crippen LogP contribution in [0.3, 0.4) is 0 Å². The molecule has 5 heteroatoms. The first-order valence-electron chi connectivity index (χ1n) is 7.43. The Morgan fingerprint density at radius 2 is 2.19 bits per heavy atom. The minimum Gasteiger partial charge on any atom is -0.487 e. The molecule has 0 amide bonds. The average molecular weight is 331 g/mol. The Morgan fingerprint density at radius 3 is 2.90 bits per heavy atom. The molecule has 1 aromatic rings. The maximum atomic E-state index is 14.0. The van der Waals surface area contributed by atoms with E-state index < -0.39 is 0 Å². The van der Waals surface area contributed by atoms with Crippen molar-refractivity contribution < 1.29 is 13.9 Å². The topological polar surface area (TPSA) is 18.5 Å². The highest BCUT2D eigenvalue weighted by Crippen LogP contribution is 2.38. The van der Waals surface area contributed by atoms with Gasteiger partial charge >= 0.3 is 0 Å². The maximum absolute atomic E-state index is 14.0. The van der Waals surface area contributed by atoms with Crippen LogP contribution in [0, 0.1) is 5.82 Å². The molecule has 1 aromatic carbocycles. The molecule has 1 spiro atoms. The second-order valence-electron chi connectivity index (χ2n) is 5.77. The lowest BCUT2D eigenvalue weighted by molar-refractivity contribution is -0.116. The third-order valence-electron chi connectivity index (χ3n) is 4.30. The Kier molecular flexibility index (Phi) is 4.97. The standard InChI is InChI=1S/C16H20ClFO2S/c17-11-12-1-2-15(14(18)9-12)20-13-3-6-19-16(10-13)4-7-21-8-5-16/h1-2,9,13H,3-8,10-11H2. The summed E-state index contributed by atoms with van der Waals surface area (Å²) in [4.78, 5) is 0. The lowest BCUT2D eigenvalue weighted by atomic mass is 9.86. The first-order chi connectivity index (χ1) is 10.2. The molecule has 21 heavy (non-hydrogen) atoms. The van der Waals surface area contributed by atoms with Crippen molar-refractivity contribution in [3.8, 4) is 5.75 Å². The fourth-order valence-corrected chi connectivity index (χ4v) is 4.48. The molecular formula is C16H20ClFO2S. The van der Waals surface area contributed by atoms with Gasteiger partial charge in [0.2, 0.25) is 0 Å². The molecule has 2 saturated heterocycles. The highest BCUT2D eigenvalue weighted by molar-refractivity contribution is 7.99. The van der Waals surface area contributed by atoms with Crippen LogP contribution in [0.15, 0.2) is 18.2 Å². The molecule has 2 fully saturated rings.